The van der Waals surface area contributed by atoms with E-state index in [2.05, 4.69) is 15.6 Å². The summed E-state index contributed by atoms with van der Waals surface area (Å²) in [5.41, 5.74) is 0.556. The van der Waals surface area contributed by atoms with Crippen LogP contribution in [0.3, 0.4) is 0 Å². The van der Waals surface area contributed by atoms with Gasteiger partial charge in [-0.15, -0.1) is 0 Å². The summed E-state index contributed by atoms with van der Waals surface area (Å²) in [6.07, 6.45) is 8.91. The van der Waals surface area contributed by atoms with Crippen molar-refractivity contribution in [3.05, 3.63) is 53.7 Å². The van der Waals surface area contributed by atoms with Crippen molar-refractivity contribution >= 4 is 17.4 Å². The van der Waals surface area contributed by atoms with Crippen molar-refractivity contribution in [2.45, 2.75) is 44.6 Å². The third kappa shape index (κ3) is 4.75. The Morgan fingerprint density at radius 2 is 1.76 bits per heavy atom. The summed E-state index contributed by atoms with van der Waals surface area (Å²) >= 11 is 0. The highest BCUT2D eigenvalue weighted by molar-refractivity contribution is 6.04. The van der Waals surface area contributed by atoms with Crippen LogP contribution in [0.4, 0.5) is 20.3 Å². The maximum atomic E-state index is 13.2. The summed E-state index contributed by atoms with van der Waals surface area (Å²) in [5.74, 6) is -1.76. The van der Waals surface area contributed by atoms with E-state index in [4.69, 9.17) is 0 Å². The summed E-state index contributed by atoms with van der Waals surface area (Å²) in [6.45, 7) is 0. The largest absolute Gasteiger partial charge is 0.367 e. The molecule has 1 heterocycles. The van der Waals surface area contributed by atoms with E-state index in [1.807, 2.05) is 6.07 Å². The molecule has 0 atom stereocenters. The van der Waals surface area contributed by atoms with Crippen molar-refractivity contribution < 1.29 is 13.6 Å². The minimum atomic E-state index is -1.05. The second-order valence-corrected chi connectivity index (χ2v) is 6.35. The molecule has 0 spiro atoms. The van der Waals surface area contributed by atoms with Gasteiger partial charge in [-0.3, -0.25) is 4.79 Å². The lowest BCUT2D eigenvalue weighted by Gasteiger charge is -2.17. The van der Waals surface area contributed by atoms with E-state index in [1.54, 1.807) is 12.3 Å². The number of hydrogen-bond donors (Lipinski definition) is 2. The normalized spacial score (nSPS) is 15.4. The molecule has 2 N–H and O–H groups in total. The van der Waals surface area contributed by atoms with Crippen LogP contribution in [-0.2, 0) is 0 Å². The molecular formula is C19H21F2N3O. The molecule has 1 aliphatic rings. The first-order valence-corrected chi connectivity index (χ1v) is 8.61. The Labute approximate surface area is 145 Å². The zero-order valence-electron chi connectivity index (χ0n) is 13.9. The first kappa shape index (κ1) is 17.3. The van der Waals surface area contributed by atoms with Crippen LogP contribution in [-0.4, -0.2) is 16.9 Å². The molecule has 25 heavy (non-hydrogen) atoms. The predicted molar refractivity (Wildman–Crippen MR) is 93.7 cm³/mol. The number of benzene rings is 1. The lowest BCUT2D eigenvalue weighted by molar-refractivity contribution is 0.102. The van der Waals surface area contributed by atoms with E-state index in [0.29, 0.717) is 11.7 Å². The third-order valence-corrected chi connectivity index (χ3v) is 4.41. The van der Waals surface area contributed by atoms with Crippen LogP contribution >= 0.6 is 0 Å². The average Bonchev–Trinajstić information content (AvgIpc) is 2.87. The average molecular weight is 345 g/mol. The van der Waals surface area contributed by atoms with Crippen molar-refractivity contribution in [2.24, 2.45) is 0 Å². The Hall–Kier alpha value is -2.50. The zero-order chi connectivity index (χ0) is 17.6. The number of hydrogen-bond acceptors (Lipinski definition) is 3. The molecule has 132 valence electrons. The summed E-state index contributed by atoms with van der Waals surface area (Å²) in [6, 6.07) is 7.04. The number of aromatic nitrogens is 1. The number of halogens is 2. The third-order valence-electron chi connectivity index (χ3n) is 4.41. The topological polar surface area (TPSA) is 54.0 Å². The molecule has 4 nitrogen and oxygen atoms in total. The Morgan fingerprint density at radius 3 is 2.40 bits per heavy atom. The smallest absolute Gasteiger partial charge is 0.255 e. The summed E-state index contributed by atoms with van der Waals surface area (Å²) < 4.78 is 26.1. The highest BCUT2D eigenvalue weighted by atomic mass is 19.2. The fourth-order valence-corrected chi connectivity index (χ4v) is 3.03. The maximum absolute atomic E-state index is 13.2. The van der Waals surface area contributed by atoms with Crippen LogP contribution in [0.25, 0.3) is 0 Å². The highest BCUT2D eigenvalue weighted by Gasteiger charge is 2.13. The molecule has 1 aromatic carbocycles. The molecule has 0 saturated heterocycles. The first-order chi connectivity index (χ1) is 12.1. The van der Waals surface area contributed by atoms with Crippen molar-refractivity contribution in [1.29, 1.82) is 0 Å². The number of carbonyl (C=O) groups is 1. The van der Waals surface area contributed by atoms with Crippen LogP contribution in [0.5, 0.6) is 0 Å². The Bertz CT molecular complexity index is 726. The van der Waals surface area contributed by atoms with E-state index in [-0.39, 0.29) is 5.56 Å². The monoisotopic (exact) mass is 345 g/mol. The van der Waals surface area contributed by atoms with Gasteiger partial charge in [-0.25, -0.2) is 13.8 Å². The van der Waals surface area contributed by atoms with Gasteiger partial charge in [0.05, 0.1) is 11.9 Å². The van der Waals surface area contributed by atoms with Gasteiger partial charge in [0.2, 0.25) is 0 Å². The summed E-state index contributed by atoms with van der Waals surface area (Å²) in [4.78, 5) is 16.4. The molecule has 0 aliphatic heterocycles. The molecule has 1 aromatic heterocycles. The molecule has 2 aromatic rings. The van der Waals surface area contributed by atoms with Gasteiger partial charge in [-0.1, -0.05) is 25.7 Å². The van der Waals surface area contributed by atoms with Crippen molar-refractivity contribution in [3.63, 3.8) is 0 Å². The number of nitrogens with one attached hydrogen (secondary N) is 2. The summed E-state index contributed by atoms with van der Waals surface area (Å²) in [7, 11) is 0. The fraction of sp³-hybridized carbons (Fsp3) is 0.368. The number of anilines is 2. The van der Waals surface area contributed by atoms with Crippen LogP contribution < -0.4 is 10.6 Å². The fourth-order valence-electron chi connectivity index (χ4n) is 3.03. The lowest BCUT2D eigenvalue weighted by Crippen LogP contribution is -2.19. The lowest BCUT2D eigenvalue weighted by atomic mass is 10.1. The van der Waals surface area contributed by atoms with Crippen LogP contribution in [0, 0.1) is 11.6 Å². The van der Waals surface area contributed by atoms with E-state index >= 15 is 0 Å². The Balaban J connectivity index is 1.59. The molecule has 1 amide bonds. The van der Waals surface area contributed by atoms with Gasteiger partial charge in [0, 0.05) is 11.6 Å². The number of rotatable bonds is 4. The molecule has 0 bridgehead atoms. The van der Waals surface area contributed by atoms with Crippen LogP contribution in [0.2, 0.25) is 0 Å². The first-order valence-electron chi connectivity index (χ1n) is 8.61. The van der Waals surface area contributed by atoms with Gasteiger partial charge >= 0.3 is 0 Å². The van der Waals surface area contributed by atoms with Gasteiger partial charge in [-0.2, -0.15) is 0 Å². The predicted octanol–water partition coefficient (Wildman–Crippen LogP) is 4.75. The highest BCUT2D eigenvalue weighted by Crippen LogP contribution is 2.21. The van der Waals surface area contributed by atoms with Crippen molar-refractivity contribution in [3.8, 4) is 0 Å². The second-order valence-electron chi connectivity index (χ2n) is 6.35. The van der Waals surface area contributed by atoms with E-state index in [1.165, 1.54) is 31.7 Å². The molecule has 1 fully saturated rings. The Morgan fingerprint density at radius 1 is 1.00 bits per heavy atom. The molecule has 1 saturated carbocycles. The number of nitrogens with zero attached hydrogens (tertiary/aromatic N) is 1. The summed E-state index contributed by atoms with van der Waals surface area (Å²) in [5, 5.41) is 6.06. The molecule has 1 aliphatic carbocycles. The SMILES string of the molecule is O=C(Nc1ccc(NC2CCCCCC2)nc1)c1ccc(F)c(F)c1. The molecule has 0 unspecified atom stereocenters. The minimum Gasteiger partial charge on any atom is -0.367 e. The molecule has 6 heteroatoms. The van der Waals surface area contributed by atoms with Crippen molar-refractivity contribution in [1.82, 2.24) is 4.98 Å². The number of carbonyl (C=O) groups excluding carboxylic acids is 1. The van der Waals surface area contributed by atoms with Crippen LogP contribution in [0.1, 0.15) is 48.9 Å². The van der Waals surface area contributed by atoms with E-state index < -0.39 is 17.5 Å². The van der Waals surface area contributed by atoms with Crippen LogP contribution in [0.15, 0.2) is 36.5 Å². The van der Waals surface area contributed by atoms with Crippen molar-refractivity contribution in [2.75, 3.05) is 10.6 Å². The minimum absolute atomic E-state index is 0.0551. The maximum Gasteiger partial charge on any atom is 0.255 e. The van der Waals surface area contributed by atoms with Gasteiger partial charge in [-0.05, 0) is 43.2 Å². The number of amides is 1. The Kier molecular flexibility index (Phi) is 5.58. The standard InChI is InChI=1S/C19H21F2N3O/c20-16-9-7-13(11-17(16)21)19(25)24-15-8-10-18(22-12-15)23-14-5-3-1-2-4-6-14/h7-12,14H,1-6H2,(H,22,23)(H,24,25). The van der Waals surface area contributed by atoms with Gasteiger partial charge in [0.25, 0.3) is 5.91 Å². The van der Waals surface area contributed by atoms with Gasteiger partial charge < -0.3 is 10.6 Å². The quantitative estimate of drug-likeness (QED) is 0.787. The molecule has 3 rings (SSSR count). The molecule has 0 radical (unpaired) electrons. The van der Waals surface area contributed by atoms with Gasteiger partial charge in [0.1, 0.15) is 5.82 Å². The number of pyridine rings is 1. The second kappa shape index (κ2) is 8.05. The zero-order valence-corrected chi connectivity index (χ0v) is 13.9. The van der Waals surface area contributed by atoms with E-state index in [0.717, 1.165) is 30.8 Å². The molecular weight excluding hydrogens is 324 g/mol. The van der Waals surface area contributed by atoms with E-state index in [9.17, 15) is 13.6 Å². The van der Waals surface area contributed by atoms with Gasteiger partial charge in [0.15, 0.2) is 11.6 Å².